The van der Waals surface area contributed by atoms with E-state index in [2.05, 4.69) is 34.5 Å². The van der Waals surface area contributed by atoms with Crippen LogP contribution >= 0.6 is 11.3 Å². The van der Waals surface area contributed by atoms with Crippen LogP contribution in [0.3, 0.4) is 0 Å². The smallest absolute Gasteiger partial charge is 0.142 e. The number of pyridine rings is 1. The second-order valence-corrected chi connectivity index (χ2v) is 6.81. The van der Waals surface area contributed by atoms with Gasteiger partial charge in [-0.3, -0.25) is 4.98 Å². The molecule has 0 fully saturated rings. The molecule has 0 saturated heterocycles. The summed E-state index contributed by atoms with van der Waals surface area (Å²) in [6.07, 6.45) is 3.67. The second kappa shape index (κ2) is 7.64. The van der Waals surface area contributed by atoms with E-state index in [1.165, 1.54) is 0 Å². The van der Waals surface area contributed by atoms with E-state index in [1.807, 2.05) is 18.2 Å². The van der Waals surface area contributed by atoms with Gasteiger partial charge in [0.15, 0.2) is 0 Å². The van der Waals surface area contributed by atoms with Crippen molar-refractivity contribution in [3.63, 3.8) is 0 Å². The summed E-state index contributed by atoms with van der Waals surface area (Å²) in [7, 11) is 0. The maximum absolute atomic E-state index is 8.91. The molecule has 0 bridgehead atoms. The maximum Gasteiger partial charge on any atom is 0.142 e. The quantitative estimate of drug-likeness (QED) is 0.787. The molecular weight excluding hydrogens is 282 g/mol. The summed E-state index contributed by atoms with van der Waals surface area (Å²) in [6.45, 7) is 6.39. The Morgan fingerprint density at radius 3 is 2.90 bits per heavy atom. The molecule has 4 nitrogen and oxygen atoms in total. The monoisotopic (exact) mass is 305 g/mol. The third-order valence-electron chi connectivity index (χ3n) is 3.36. The lowest BCUT2D eigenvalue weighted by Gasteiger charge is -2.24. The molecule has 2 aromatic heterocycles. The second-order valence-electron chi connectivity index (χ2n) is 5.95. The maximum atomic E-state index is 8.91. The van der Waals surface area contributed by atoms with E-state index in [-0.39, 0.29) is 12.0 Å². The van der Waals surface area contributed by atoms with Crippen LogP contribution in [0.5, 0.6) is 0 Å². The van der Waals surface area contributed by atoms with E-state index < -0.39 is 0 Å². The average Bonchev–Trinajstić information content (AvgIpc) is 2.95. The molecule has 2 aromatic rings. The van der Waals surface area contributed by atoms with Crippen LogP contribution in [0.4, 0.5) is 0 Å². The van der Waals surface area contributed by atoms with Crippen molar-refractivity contribution in [2.24, 2.45) is 5.41 Å². The van der Waals surface area contributed by atoms with E-state index in [1.54, 1.807) is 17.5 Å². The molecule has 2 N–H and O–H groups in total. The third kappa shape index (κ3) is 5.19. The van der Waals surface area contributed by atoms with Crippen molar-refractivity contribution >= 4 is 11.3 Å². The van der Waals surface area contributed by atoms with Crippen LogP contribution in [0, 0.1) is 5.41 Å². The normalized spacial score (nSPS) is 11.8. The van der Waals surface area contributed by atoms with Gasteiger partial charge in [-0.1, -0.05) is 19.9 Å². The number of aliphatic hydroxyl groups excluding tert-OH is 1. The van der Waals surface area contributed by atoms with Crippen LogP contribution in [-0.2, 0) is 6.54 Å². The largest absolute Gasteiger partial charge is 0.396 e. The van der Waals surface area contributed by atoms with Crippen LogP contribution in [0.25, 0.3) is 10.7 Å². The first-order valence-electron chi connectivity index (χ1n) is 7.28. The summed E-state index contributed by atoms with van der Waals surface area (Å²) in [5, 5.41) is 15.4. The van der Waals surface area contributed by atoms with Crippen molar-refractivity contribution in [3.8, 4) is 10.7 Å². The lowest BCUT2D eigenvalue weighted by atomic mass is 9.88. The predicted molar refractivity (Wildman–Crippen MR) is 87.2 cm³/mol. The number of hydrogen-bond donors (Lipinski definition) is 2. The fraction of sp³-hybridized carbons (Fsp3) is 0.500. The zero-order valence-electron chi connectivity index (χ0n) is 12.7. The third-order valence-corrected chi connectivity index (χ3v) is 4.27. The number of aliphatic hydroxyl groups is 1. The Morgan fingerprint density at radius 2 is 2.19 bits per heavy atom. The van der Waals surface area contributed by atoms with E-state index in [4.69, 9.17) is 5.11 Å². The molecule has 0 atom stereocenters. The van der Waals surface area contributed by atoms with Gasteiger partial charge in [0.05, 0.1) is 11.4 Å². The Balaban J connectivity index is 1.83. The zero-order valence-corrected chi connectivity index (χ0v) is 13.5. The highest BCUT2D eigenvalue weighted by Crippen LogP contribution is 2.23. The van der Waals surface area contributed by atoms with Crippen LogP contribution in [0.2, 0.25) is 0 Å². The molecule has 2 heterocycles. The SMILES string of the molecule is CC(C)(CCCO)CNCc1csc(-c2ccccn2)n1. The van der Waals surface area contributed by atoms with Gasteiger partial charge >= 0.3 is 0 Å². The molecule has 5 heteroatoms. The molecule has 0 radical (unpaired) electrons. The molecule has 0 saturated carbocycles. The lowest BCUT2D eigenvalue weighted by Crippen LogP contribution is -2.29. The van der Waals surface area contributed by atoms with Gasteiger partial charge in [-0.05, 0) is 30.4 Å². The standard InChI is InChI=1S/C16H23N3OS/c1-16(2,7-5-9-20)12-17-10-13-11-21-15(19-13)14-6-3-4-8-18-14/h3-4,6,8,11,17,20H,5,7,9-10,12H2,1-2H3. The molecule has 0 unspecified atom stereocenters. The molecule has 0 aliphatic carbocycles. The Morgan fingerprint density at radius 1 is 1.33 bits per heavy atom. The first kappa shape index (κ1) is 16.1. The van der Waals surface area contributed by atoms with Gasteiger partial charge in [0.2, 0.25) is 0 Å². The highest BCUT2D eigenvalue weighted by atomic mass is 32.1. The summed E-state index contributed by atoms with van der Waals surface area (Å²) < 4.78 is 0. The van der Waals surface area contributed by atoms with Gasteiger partial charge in [0.1, 0.15) is 5.01 Å². The molecule has 0 aliphatic heterocycles. The topological polar surface area (TPSA) is 58.0 Å². The summed E-state index contributed by atoms with van der Waals surface area (Å²) >= 11 is 1.63. The van der Waals surface area contributed by atoms with Crippen molar-refractivity contribution < 1.29 is 5.11 Å². The van der Waals surface area contributed by atoms with Crippen LogP contribution < -0.4 is 5.32 Å². The molecule has 0 spiro atoms. The fourth-order valence-corrected chi connectivity index (χ4v) is 2.97. The molecule has 0 amide bonds. The van der Waals surface area contributed by atoms with Crippen molar-refractivity contribution in [1.29, 1.82) is 0 Å². The number of hydrogen-bond acceptors (Lipinski definition) is 5. The van der Waals surface area contributed by atoms with Gasteiger partial charge in [0.25, 0.3) is 0 Å². The highest BCUT2D eigenvalue weighted by Gasteiger charge is 2.16. The van der Waals surface area contributed by atoms with Crippen molar-refractivity contribution in [3.05, 3.63) is 35.5 Å². The van der Waals surface area contributed by atoms with Gasteiger partial charge in [-0.15, -0.1) is 11.3 Å². The van der Waals surface area contributed by atoms with Crippen molar-refractivity contribution in [2.45, 2.75) is 33.2 Å². The van der Waals surface area contributed by atoms with E-state index in [9.17, 15) is 0 Å². The number of thiazole rings is 1. The average molecular weight is 305 g/mol. The predicted octanol–water partition coefficient (Wildman–Crippen LogP) is 3.09. The molecule has 0 aliphatic rings. The first-order valence-corrected chi connectivity index (χ1v) is 8.16. The summed E-state index contributed by atoms with van der Waals surface area (Å²) in [5.41, 5.74) is 2.18. The Labute approximate surface area is 130 Å². The minimum atomic E-state index is 0.197. The van der Waals surface area contributed by atoms with Gasteiger partial charge in [-0.25, -0.2) is 4.98 Å². The highest BCUT2D eigenvalue weighted by molar-refractivity contribution is 7.13. The van der Waals surface area contributed by atoms with E-state index in [0.717, 1.165) is 42.3 Å². The van der Waals surface area contributed by atoms with E-state index >= 15 is 0 Å². The number of rotatable bonds is 8. The first-order chi connectivity index (χ1) is 10.1. The minimum absolute atomic E-state index is 0.197. The van der Waals surface area contributed by atoms with E-state index in [0.29, 0.717) is 0 Å². The molecular formula is C16H23N3OS. The van der Waals surface area contributed by atoms with Crippen LogP contribution in [-0.4, -0.2) is 28.2 Å². The molecule has 0 aromatic carbocycles. The molecule has 21 heavy (non-hydrogen) atoms. The van der Waals surface area contributed by atoms with Gasteiger partial charge < -0.3 is 10.4 Å². The molecule has 2 rings (SSSR count). The Kier molecular flexibility index (Phi) is 5.85. The van der Waals surface area contributed by atoms with Crippen LogP contribution in [0.1, 0.15) is 32.4 Å². The van der Waals surface area contributed by atoms with Crippen LogP contribution in [0.15, 0.2) is 29.8 Å². The Bertz CT molecular complexity index is 539. The summed E-state index contributed by atoms with van der Waals surface area (Å²) in [4.78, 5) is 8.94. The number of aromatic nitrogens is 2. The molecule has 114 valence electrons. The summed E-state index contributed by atoms with van der Waals surface area (Å²) in [5.74, 6) is 0. The van der Waals surface area contributed by atoms with Gasteiger partial charge in [0, 0.05) is 31.3 Å². The van der Waals surface area contributed by atoms with Crippen molar-refractivity contribution in [2.75, 3.05) is 13.2 Å². The lowest BCUT2D eigenvalue weighted by molar-refractivity contribution is 0.236. The fourth-order valence-electron chi connectivity index (χ4n) is 2.17. The number of nitrogens with zero attached hydrogens (tertiary/aromatic N) is 2. The zero-order chi connectivity index (χ0) is 15.1. The minimum Gasteiger partial charge on any atom is -0.396 e. The Hall–Kier alpha value is -1.30. The summed E-state index contributed by atoms with van der Waals surface area (Å²) in [6, 6.07) is 5.87. The van der Waals surface area contributed by atoms with Crippen molar-refractivity contribution in [1.82, 2.24) is 15.3 Å². The van der Waals surface area contributed by atoms with Gasteiger partial charge in [-0.2, -0.15) is 0 Å². The number of nitrogens with one attached hydrogen (secondary N) is 1.